The van der Waals surface area contributed by atoms with E-state index in [1.165, 1.54) is 14.0 Å². The molecule has 0 saturated carbocycles. The highest BCUT2D eigenvalue weighted by atomic mass is 32.2. The molecule has 0 bridgehead atoms. The molecule has 35 heavy (non-hydrogen) atoms. The molecule has 1 fully saturated rings. The highest BCUT2D eigenvalue weighted by Gasteiger charge is 2.20. The van der Waals surface area contributed by atoms with Crippen LogP contribution in [0.4, 0.5) is 11.6 Å². The molecule has 186 valence electrons. The lowest BCUT2D eigenvalue weighted by molar-refractivity contribution is -0.114. The van der Waals surface area contributed by atoms with Crippen molar-refractivity contribution in [2.24, 2.45) is 0 Å². The van der Waals surface area contributed by atoms with Crippen LogP contribution in [0.2, 0.25) is 0 Å². The number of rotatable bonds is 7. The van der Waals surface area contributed by atoms with E-state index in [2.05, 4.69) is 25.0 Å². The second-order valence-electron chi connectivity index (χ2n) is 8.27. The van der Waals surface area contributed by atoms with Crippen LogP contribution in [-0.4, -0.2) is 62.0 Å². The summed E-state index contributed by atoms with van der Waals surface area (Å²) >= 11 is 0. The normalized spacial score (nSPS) is 14.5. The average Bonchev–Trinajstić information content (AvgIpc) is 2.78. The van der Waals surface area contributed by atoms with Crippen LogP contribution in [0.25, 0.3) is 22.0 Å². The molecular formula is C23H27N5O6S. The van der Waals surface area contributed by atoms with E-state index in [1.807, 2.05) is 19.1 Å². The van der Waals surface area contributed by atoms with Gasteiger partial charge in [-0.2, -0.15) is 0 Å². The number of hydrogen-bond donors (Lipinski definition) is 2. The second-order valence-corrected chi connectivity index (χ2v) is 10.0. The number of nitrogens with one attached hydrogen (secondary N) is 2. The highest BCUT2D eigenvalue weighted by Crippen LogP contribution is 2.36. The lowest BCUT2D eigenvalue weighted by Crippen LogP contribution is -2.26. The molecular weight excluding hydrogens is 474 g/mol. The van der Waals surface area contributed by atoms with Crippen LogP contribution in [0.3, 0.4) is 0 Å². The molecule has 0 unspecified atom stereocenters. The summed E-state index contributed by atoms with van der Waals surface area (Å²) in [4.78, 5) is 24.8. The number of nitrogens with zero attached hydrogens (tertiary/aromatic N) is 3. The highest BCUT2D eigenvalue weighted by molar-refractivity contribution is 7.92. The Morgan fingerprint density at radius 1 is 1.14 bits per heavy atom. The lowest BCUT2D eigenvalue weighted by Gasteiger charge is -2.24. The maximum absolute atomic E-state index is 11.8. The summed E-state index contributed by atoms with van der Waals surface area (Å²) in [5.74, 6) is 0.591. The molecule has 11 nitrogen and oxygen atoms in total. The SMILES string of the molecule is COc1ncc(-c2cc(OC3CCOCC3)c3nc(NC(C)=O)nc(C)c3c2)cc1NS(C)(=O)=O. The Hall–Kier alpha value is -3.51. The van der Waals surface area contributed by atoms with Crippen LogP contribution < -0.4 is 19.5 Å². The standard InChI is InChI=1S/C23H27N5O6S/c1-13-18-9-15(16-10-19(28-35(4,30)31)22(32-3)24-12-16)11-20(34-17-5-7-33-8-6-17)21(18)27-23(25-13)26-14(2)29/h9-12,17,28H,5-8H2,1-4H3,(H,25,26,27,29). The molecule has 1 aliphatic heterocycles. The van der Waals surface area contributed by atoms with Gasteiger partial charge in [-0.15, -0.1) is 0 Å². The van der Waals surface area contributed by atoms with Gasteiger partial charge < -0.3 is 14.2 Å². The average molecular weight is 502 g/mol. The summed E-state index contributed by atoms with van der Waals surface area (Å²) in [6.07, 6.45) is 4.07. The maximum Gasteiger partial charge on any atom is 0.238 e. The van der Waals surface area contributed by atoms with Gasteiger partial charge in [0.25, 0.3) is 0 Å². The van der Waals surface area contributed by atoms with Crippen molar-refractivity contribution < 1.29 is 27.4 Å². The molecule has 1 amide bonds. The number of methoxy groups -OCH3 is 1. The number of fused-ring (bicyclic) bond motifs is 1. The van der Waals surface area contributed by atoms with Crippen molar-refractivity contribution in [3.8, 4) is 22.8 Å². The number of carbonyl (C=O) groups is 1. The summed E-state index contributed by atoms with van der Waals surface area (Å²) in [7, 11) is -2.14. The van der Waals surface area contributed by atoms with Gasteiger partial charge in [0.15, 0.2) is 0 Å². The fourth-order valence-corrected chi connectivity index (χ4v) is 4.38. The first kappa shape index (κ1) is 24.6. The third kappa shape index (κ3) is 5.95. The minimum atomic E-state index is -3.55. The van der Waals surface area contributed by atoms with Gasteiger partial charge in [0, 0.05) is 36.9 Å². The Labute approximate surface area is 203 Å². The monoisotopic (exact) mass is 501 g/mol. The molecule has 3 aromatic rings. The van der Waals surface area contributed by atoms with Crippen LogP contribution >= 0.6 is 0 Å². The molecule has 0 aliphatic carbocycles. The number of amides is 1. The summed E-state index contributed by atoms with van der Waals surface area (Å²) < 4.78 is 43.2. The molecule has 2 aromatic heterocycles. The molecule has 0 spiro atoms. The summed E-state index contributed by atoms with van der Waals surface area (Å²) in [6, 6.07) is 5.36. The summed E-state index contributed by atoms with van der Waals surface area (Å²) in [6.45, 7) is 4.43. The van der Waals surface area contributed by atoms with Gasteiger partial charge in [0.2, 0.25) is 27.8 Å². The number of ether oxygens (including phenoxy) is 3. The van der Waals surface area contributed by atoms with E-state index in [-0.39, 0.29) is 29.5 Å². The Kier molecular flexibility index (Phi) is 7.03. The molecule has 12 heteroatoms. The van der Waals surface area contributed by atoms with Crippen LogP contribution in [0.1, 0.15) is 25.5 Å². The zero-order valence-corrected chi connectivity index (χ0v) is 20.7. The summed E-state index contributed by atoms with van der Waals surface area (Å²) in [5, 5.41) is 3.36. The van der Waals surface area contributed by atoms with E-state index in [4.69, 9.17) is 14.2 Å². The Morgan fingerprint density at radius 2 is 1.89 bits per heavy atom. The number of benzene rings is 1. The smallest absolute Gasteiger partial charge is 0.238 e. The van der Waals surface area contributed by atoms with Gasteiger partial charge in [-0.1, -0.05) is 0 Å². The fourth-order valence-electron chi connectivity index (χ4n) is 3.84. The predicted octanol–water partition coefficient (Wildman–Crippen LogP) is 2.90. The Bertz CT molecular complexity index is 1370. The van der Waals surface area contributed by atoms with Gasteiger partial charge >= 0.3 is 0 Å². The van der Waals surface area contributed by atoms with E-state index in [0.29, 0.717) is 35.7 Å². The molecule has 2 N–H and O–H groups in total. The molecule has 1 aromatic carbocycles. The largest absolute Gasteiger partial charge is 0.488 e. The van der Waals surface area contributed by atoms with E-state index < -0.39 is 10.0 Å². The number of sulfonamides is 1. The van der Waals surface area contributed by atoms with Crippen molar-refractivity contribution in [3.63, 3.8) is 0 Å². The molecule has 3 heterocycles. The number of aryl methyl sites for hydroxylation is 1. The van der Waals surface area contributed by atoms with Crippen LogP contribution in [0, 0.1) is 6.92 Å². The van der Waals surface area contributed by atoms with Gasteiger partial charge in [-0.25, -0.2) is 23.4 Å². The molecule has 1 saturated heterocycles. The Morgan fingerprint density at radius 3 is 2.54 bits per heavy atom. The Balaban J connectivity index is 1.86. The van der Waals surface area contributed by atoms with Crippen molar-refractivity contribution in [1.29, 1.82) is 0 Å². The van der Waals surface area contributed by atoms with Crippen LogP contribution in [0.15, 0.2) is 24.4 Å². The van der Waals surface area contributed by atoms with E-state index >= 15 is 0 Å². The van der Waals surface area contributed by atoms with E-state index in [1.54, 1.807) is 12.3 Å². The fraction of sp³-hybridized carbons (Fsp3) is 0.391. The number of pyridine rings is 1. The van der Waals surface area contributed by atoms with Gasteiger partial charge in [-0.05, 0) is 30.7 Å². The molecule has 0 radical (unpaired) electrons. The molecule has 0 atom stereocenters. The number of aromatic nitrogens is 3. The van der Waals surface area contributed by atoms with Crippen molar-refractivity contribution >= 4 is 38.5 Å². The van der Waals surface area contributed by atoms with Crippen LogP contribution in [-0.2, 0) is 19.6 Å². The van der Waals surface area contributed by atoms with Crippen molar-refractivity contribution in [1.82, 2.24) is 15.0 Å². The number of hydrogen-bond acceptors (Lipinski definition) is 9. The third-order valence-corrected chi connectivity index (χ3v) is 5.97. The number of anilines is 2. The minimum absolute atomic E-state index is 0.0573. The summed E-state index contributed by atoms with van der Waals surface area (Å²) in [5.41, 5.74) is 2.79. The zero-order valence-electron chi connectivity index (χ0n) is 19.9. The van der Waals surface area contributed by atoms with Crippen molar-refractivity contribution in [2.45, 2.75) is 32.8 Å². The predicted molar refractivity (Wildman–Crippen MR) is 131 cm³/mol. The number of carbonyl (C=O) groups excluding carboxylic acids is 1. The minimum Gasteiger partial charge on any atom is -0.488 e. The first-order chi connectivity index (χ1) is 16.6. The van der Waals surface area contributed by atoms with Crippen molar-refractivity contribution in [2.75, 3.05) is 36.6 Å². The molecule has 4 rings (SSSR count). The van der Waals surface area contributed by atoms with Gasteiger partial charge in [0.1, 0.15) is 23.1 Å². The zero-order chi connectivity index (χ0) is 25.2. The van der Waals surface area contributed by atoms with E-state index in [0.717, 1.165) is 30.0 Å². The third-order valence-electron chi connectivity index (χ3n) is 5.38. The topological polar surface area (TPSA) is 142 Å². The first-order valence-corrected chi connectivity index (χ1v) is 12.9. The van der Waals surface area contributed by atoms with Crippen molar-refractivity contribution in [3.05, 3.63) is 30.1 Å². The van der Waals surface area contributed by atoms with Gasteiger partial charge in [0.05, 0.1) is 32.3 Å². The van der Waals surface area contributed by atoms with Gasteiger partial charge in [-0.3, -0.25) is 14.8 Å². The quantitative estimate of drug-likeness (QED) is 0.500. The second kappa shape index (κ2) is 10.0. The maximum atomic E-state index is 11.8. The first-order valence-electron chi connectivity index (χ1n) is 11.0. The lowest BCUT2D eigenvalue weighted by atomic mass is 10.0. The molecule has 1 aliphatic rings. The van der Waals surface area contributed by atoms with E-state index in [9.17, 15) is 13.2 Å². The van der Waals surface area contributed by atoms with Crippen LogP contribution in [0.5, 0.6) is 11.6 Å².